The van der Waals surface area contributed by atoms with Crippen molar-refractivity contribution in [2.75, 3.05) is 26.4 Å². The second-order valence-electron chi connectivity index (χ2n) is 34.6. The molecule has 124 heavy (non-hydrogen) atoms. The Balaban J connectivity index is 0.000000827. The molecule has 4 saturated heterocycles. The summed E-state index contributed by atoms with van der Waals surface area (Å²) < 4.78 is 21.1. The minimum Gasteiger partial charge on any atom is -0.394 e. The summed E-state index contributed by atoms with van der Waals surface area (Å²) in [6.07, 6.45) is 55.6. The lowest BCUT2D eigenvalue weighted by atomic mass is 9.98. The van der Waals surface area contributed by atoms with Crippen molar-refractivity contribution in [1.29, 1.82) is 0 Å². The number of aliphatic hydroxyl groups is 16. The third kappa shape index (κ3) is 57.3. The van der Waals surface area contributed by atoms with Crippen molar-refractivity contribution in [2.24, 2.45) is 0 Å². The smallest absolute Gasteiger partial charge is 0.222 e. The number of allylic oxidation sites excluding steroid dienone is 8. The van der Waals surface area contributed by atoms with E-state index in [1.165, 1.54) is 238 Å². The highest BCUT2D eigenvalue weighted by Gasteiger charge is 2.47. The Hall–Kier alpha value is -3.96. The Morgan fingerprint density at radius 1 is 0.202 bits per heavy atom. The van der Waals surface area contributed by atoms with Gasteiger partial charge in [0.05, 0.1) is 26.4 Å². The van der Waals surface area contributed by atoms with Gasteiger partial charge in [0.2, 0.25) is 23.6 Å². The van der Waals surface area contributed by atoms with Crippen LogP contribution in [0.25, 0.3) is 0 Å². The summed E-state index contributed by atoms with van der Waals surface area (Å²) in [5, 5.41) is 165. The highest BCUT2D eigenvalue weighted by molar-refractivity contribution is 5.77. The maximum absolute atomic E-state index is 12.1. The van der Waals surface area contributed by atoms with Crippen molar-refractivity contribution in [1.82, 2.24) is 21.3 Å². The van der Waals surface area contributed by atoms with Crippen molar-refractivity contribution < 1.29 is 120 Å². The first-order valence-corrected chi connectivity index (χ1v) is 49.0. The van der Waals surface area contributed by atoms with Gasteiger partial charge in [-0.25, -0.2) is 0 Å². The third-order valence-corrected chi connectivity index (χ3v) is 23.4. The monoisotopic (exact) mass is 1770 g/mol. The molecule has 28 heteroatoms. The molecule has 0 aromatic heterocycles. The Morgan fingerprint density at radius 2 is 0.347 bits per heavy atom. The van der Waals surface area contributed by atoms with E-state index < -0.39 is 149 Å². The summed E-state index contributed by atoms with van der Waals surface area (Å²) >= 11 is 0. The second kappa shape index (κ2) is 79.9. The Morgan fingerprint density at radius 3 is 0.532 bits per heavy atom. The number of unbranched alkanes of at least 4 members (excludes halogenated alkanes) is 44. The molecule has 4 rings (SSSR count). The van der Waals surface area contributed by atoms with E-state index in [1.54, 1.807) is 0 Å². The summed E-state index contributed by atoms with van der Waals surface area (Å²) in [5.41, 5.74) is 0. The van der Waals surface area contributed by atoms with E-state index in [-0.39, 0.29) is 23.6 Å². The van der Waals surface area contributed by atoms with E-state index in [0.29, 0.717) is 32.1 Å². The topological polar surface area (TPSA) is 477 Å². The minimum atomic E-state index is -1.48. The van der Waals surface area contributed by atoms with Crippen LogP contribution in [0.1, 0.15) is 387 Å². The molecule has 0 aromatic rings. The van der Waals surface area contributed by atoms with Crippen molar-refractivity contribution in [3.63, 3.8) is 0 Å². The number of nitrogens with one attached hydrogen (secondary N) is 4. The zero-order valence-corrected chi connectivity index (χ0v) is 77.0. The molecule has 4 amide bonds. The molecule has 0 aliphatic carbocycles. The van der Waals surface area contributed by atoms with Gasteiger partial charge in [-0.1, -0.05) is 288 Å². The van der Waals surface area contributed by atoms with Crippen molar-refractivity contribution in [3.05, 3.63) is 48.6 Å². The number of hydrogen-bond donors (Lipinski definition) is 20. The van der Waals surface area contributed by atoms with E-state index in [9.17, 15) is 101 Å². The molecule has 28 nitrogen and oxygen atoms in total. The maximum Gasteiger partial charge on any atom is 0.222 e. The van der Waals surface area contributed by atoms with Crippen molar-refractivity contribution in [3.8, 4) is 0 Å². The first-order chi connectivity index (χ1) is 60.0. The molecular weight excluding hydrogens is 1590 g/mol. The first-order valence-electron chi connectivity index (χ1n) is 49.0. The van der Waals surface area contributed by atoms with Gasteiger partial charge in [0, 0.05) is 25.7 Å². The second-order valence-corrected chi connectivity index (χ2v) is 34.6. The lowest BCUT2D eigenvalue weighted by Gasteiger charge is -2.40. The standard InChI is InChI=1S/4C24H45NO6/c4*1-2-3-4-5-6-7-8-9-10-11-12-13-14-15-16-17-20(27)25-24-23(30)22(29)21(28)19(18-26)31-24/h12-13,19,21-24,26,28-30H,2-11,14-18H2,1H3,(H,25,27);9-10,19,21-24,26,28-30H,2-8,11-18H2,1H3,(H,25,27);7-8,19,21-24,26,28-30H,2-6,9-18H2,1H3,(H,25,27);5-6,19,21-24,26,28-30H,2-4,7-18H2,1H3,(H,25,27)/b13-12-;10-9-;8-7-;6-5-/t4*19?,21-,22+,23?,24-/m1111/s1. The first kappa shape index (κ1) is 118. The van der Waals surface area contributed by atoms with Crippen LogP contribution in [0.5, 0.6) is 0 Å². The zero-order valence-electron chi connectivity index (χ0n) is 77.0. The third-order valence-electron chi connectivity index (χ3n) is 23.4. The minimum absolute atomic E-state index is 0.270. The van der Waals surface area contributed by atoms with E-state index >= 15 is 0 Å². The van der Waals surface area contributed by atoms with Crippen LogP contribution in [-0.2, 0) is 38.1 Å². The van der Waals surface area contributed by atoms with Crippen LogP contribution in [0, 0.1) is 0 Å². The van der Waals surface area contributed by atoms with Crippen LogP contribution in [0.4, 0.5) is 0 Å². The summed E-state index contributed by atoms with van der Waals surface area (Å²) in [4.78, 5) is 48.2. The summed E-state index contributed by atoms with van der Waals surface area (Å²) in [6, 6.07) is 0. The molecule has 4 heterocycles. The zero-order chi connectivity index (χ0) is 91.6. The molecule has 20 atom stereocenters. The average molecular weight is 1770 g/mol. The Kier molecular flexibility index (Phi) is 76.1. The van der Waals surface area contributed by atoms with Crippen LogP contribution in [-0.4, -0.2) is 254 Å². The molecule has 0 radical (unpaired) electrons. The van der Waals surface area contributed by atoms with Gasteiger partial charge in [0.15, 0.2) is 24.9 Å². The van der Waals surface area contributed by atoms with Crippen LogP contribution in [0.2, 0.25) is 0 Å². The summed E-state index contributed by atoms with van der Waals surface area (Å²) in [6.45, 7) is 6.92. The lowest BCUT2D eigenvalue weighted by molar-refractivity contribution is -0.236. The molecule has 8 unspecified atom stereocenters. The number of carbonyl (C=O) groups is 4. The van der Waals surface area contributed by atoms with Gasteiger partial charge in [-0.2, -0.15) is 0 Å². The predicted octanol–water partition coefficient (Wildman–Crippen LogP) is 11.8. The van der Waals surface area contributed by atoms with Crippen LogP contribution < -0.4 is 21.3 Å². The van der Waals surface area contributed by atoms with Crippen LogP contribution in [0.15, 0.2) is 48.6 Å². The highest BCUT2D eigenvalue weighted by Crippen LogP contribution is 2.26. The molecule has 0 spiro atoms. The van der Waals surface area contributed by atoms with Crippen molar-refractivity contribution >= 4 is 23.6 Å². The summed E-state index contributed by atoms with van der Waals surface area (Å²) in [5.74, 6) is -1.11. The van der Waals surface area contributed by atoms with Crippen LogP contribution >= 0.6 is 0 Å². The molecule has 20 N–H and O–H groups in total. The molecule has 4 fully saturated rings. The fourth-order valence-corrected chi connectivity index (χ4v) is 15.2. The normalized spacial score (nSPS) is 26.4. The van der Waals surface area contributed by atoms with Crippen molar-refractivity contribution in [2.45, 2.75) is 510 Å². The van der Waals surface area contributed by atoms with Gasteiger partial charge >= 0.3 is 0 Å². The Bertz CT molecular complexity index is 2630. The number of carbonyl (C=O) groups excluding carboxylic acids is 4. The summed E-state index contributed by atoms with van der Waals surface area (Å²) in [7, 11) is 0. The SMILES string of the molecule is CCCC/C=C\CCCCCCCCCCCC(=O)N[C@@H]1OC(CO)[C@@H](O)[C@H](O)C1O.CCCCCC/C=C\CCCCCCCCCC(=O)N[C@@H]1OC(CO)[C@@H](O)[C@H](O)C1O.CCCCCCCC/C=C\CCCCCCCC(=O)N[C@@H]1OC(CO)[C@@H](O)[C@H](O)C1O.CCCCCCCCCCC/C=C\CCCCC(=O)N[C@@H]1OC(CO)[C@@H](O)[C@H](O)C1O. The molecule has 0 bridgehead atoms. The molecule has 0 aromatic carbocycles. The fourth-order valence-electron chi connectivity index (χ4n) is 15.2. The van der Waals surface area contributed by atoms with Gasteiger partial charge in [0.25, 0.3) is 0 Å². The number of hydrogen-bond acceptors (Lipinski definition) is 24. The predicted molar refractivity (Wildman–Crippen MR) is 485 cm³/mol. The van der Waals surface area contributed by atoms with E-state index in [2.05, 4.69) is 97.6 Å². The molecule has 4 aliphatic rings. The van der Waals surface area contributed by atoms with Gasteiger partial charge < -0.3 is 122 Å². The maximum atomic E-state index is 12.1. The number of amides is 4. The number of aliphatic hydroxyl groups excluding tert-OH is 16. The van der Waals surface area contributed by atoms with E-state index in [4.69, 9.17) is 18.9 Å². The number of ether oxygens (including phenoxy) is 4. The van der Waals surface area contributed by atoms with E-state index in [1.807, 2.05) is 0 Å². The fraction of sp³-hybridized carbons (Fsp3) is 0.875. The molecule has 0 saturated carbocycles. The molecular formula is C96H180N4O24. The Labute approximate surface area is 746 Å². The van der Waals surface area contributed by atoms with Gasteiger partial charge in [0.1, 0.15) is 97.7 Å². The number of rotatable bonds is 68. The average Bonchev–Trinajstić information content (AvgIpc) is 0.836. The van der Waals surface area contributed by atoms with E-state index in [0.717, 1.165) is 89.9 Å². The van der Waals surface area contributed by atoms with Crippen LogP contribution in [0.3, 0.4) is 0 Å². The quantitative estimate of drug-likeness (QED) is 0.0199. The van der Waals surface area contributed by atoms with Gasteiger partial charge in [-0.15, -0.1) is 0 Å². The molecule has 4 aliphatic heterocycles. The molecule has 728 valence electrons. The van der Waals surface area contributed by atoms with Gasteiger partial charge in [-0.05, 0) is 122 Å². The van der Waals surface area contributed by atoms with Gasteiger partial charge in [-0.3, -0.25) is 19.2 Å². The largest absolute Gasteiger partial charge is 0.394 e. The lowest BCUT2D eigenvalue weighted by Crippen LogP contribution is -2.63. The highest BCUT2D eigenvalue weighted by atomic mass is 16.6.